The molecule has 0 bridgehead atoms. The summed E-state index contributed by atoms with van der Waals surface area (Å²) in [5, 5.41) is 3.17. The summed E-state index contributed by atoms with van der Waals surface area (Å²) in [5.41, 5.74) is 2.66. The summed E-state index contributed by atoms with van der Waals surface area (Å²) in [7, 11) is 0. The molecular weight excluding hydrogens is 281 g/mol. The number of allylic oxidation sites excluding steroid dienone is 2. The number of anilines is 1. The van der Waals surface area contributed by atoms with Gasteiger partial charge in [-0.3, -0.25) is 9.78 Å². The summed E-state index contributed by atoms with van der Waals surface area (Å²) >= 11 is 0. The molecule has 0 aliphatic heterocycles. The number of carbonyl (C=O) groups excluding carboxylic acids is 1. The maximum Gasteiger partial charge on any atom is 0.409 e. The number of ketones is 1. The van der Waals surface area contributed by atoms with Crippen molar-refractivity contribution >= 4 is 11.5 Å². The maximum absolute atomic E-state index is 11.9. The highest BCUT2D eigenvalue weighted by Crippen LogP contribution is 2.17. The maximum atomic E-state index is 11.9. The van der Waals surface area contributed by atoms with Crippen LogP contribution in [-0.2, 0) is 4.79 Å². The third-order valence-electron chi connectivity index (χ3n) is 2.74. The van der Waals surface area contributed by atoms with Crippen LogP contribution in [0.1, 0.15) is 24.7 Å². The lowest BCUT2D eigenvalue weighted by Gasteiger charge is -2.13. The molecule has 116 valence electrons. The van der Waals surface area contributed by atoms with Gasteiger partial charge in [0.15, 0.2) is 5.78 Å². The van der Waals surface area contributed by atoms with Gasteiger partial charge in [0, 0.05) is 36.1 Å². The molecule has 3 nitrogen and oxygen atoms in total. The lowest BCUT2D eigenvalue weighted by atomic mass is 10.0. The Bertz CT molecular complexity index is 504. The van der Waals surface area contributed by atoms with E-state index < -0.39 is 12.0 Å². The normalized spacial score (nSPS) is 13.4. The number of nitrogens with zero attached hydrogens (tertiary/aromatic N) is 1. The van der Waals surface area contributed by atoms with E-state index in [1.54, 1.807) is 0 Å². The average molecular weight is 300 g/mol. The van der Waals surface area contributed by atoms with Crippen LogP contribution in [-0.4, -0.2) is 23.5 Å². The number of hydrogen-bond acceptors (Lipinski definition) is 3. The van der Waals surface area contributed by atoms with Gasteiger partial charge in [0.25, 0.3) is 0 Å². The Morgan fingerprint density at radius 3 is 2.43 bits per heavy atom. The molecule has 1 heterocycles. The molecule has 1 aromatic rings. The van der Waals surface area contributed by atoms with E-state index in [9.17, 15) is 18.0 Å². The number of carbonyl (C=O) groups is 1. The van der Waals surface area contributed by atoms with E-state index in [0.29, 0.717) is 12.6 Å². The molecule has 0 spiro atoms. The minimum atomic E-state index is -4.44. The summed E-state index contributed by atoms with van der Waals surface area (Å²) in [6.07, 6.45) is -3.80. The van der Waals surface area contributed by atoms with Gasteiger partial charge in [0.05, 0.1) is 0 Å². The van der Waals surface area contributed by atoms with Crippen molar-refractivity contribution in [3.8, 4) is 0 Å². The van der Waals surface area contributed by atoms with E-state index in [1.165, 1.54) is 0 Å². The average Bonchev–Trinajstić information content (AvgIpc) is 2.32. The smallest absolute Gasteiger partial charge is 0.385 e. The fraction of sp³-hybridized carbons (Fsp3) is 0.467. The van der Waals surface area contributed by atoms with Crippen molar-refractivity contribution in [2.24, 2.45) is 5.92 Å². The summed E-state index contributed by atoms with van der Waals surface area (Å²) in [6, 6.07) is 3.76. The van der Waals surface area contributed by atoms with E-state index in [4.69, 9.17) is 0 Å². The van der Waals surface area contributed by atoms with Crippen molar-refractivity contribution in [3.05, 3.63) is 35.7 Å². The number of alkyl halides is 3. The van der Waals surface area contributed by atoms with Crippen LogP contribution in [0, 0.1) is 19.8 Å². The Hall–Kier alpha value is -1.85. The molecule has 0 aliphatic carbocycles. The summed E-state index contributed by atoms with van der Waals surface area (Å²) < 4.78 is 35.8. The number of halogens is 3. The van der Waals surface area contributed by atoms with Gasteiger partial charge in [0.2, 0.25) is 0 Å². The van der Waals surface area contributed by atoms with Crippen LogP contribution >= 0.6 is 0 Å². The summed E-state index contributed by atoms with van der Waals surface area (Å²) in [5.74, 6) is -0.590. The van der Waals surface area contributed by atoms with E-state index in [-0.39, 0.29) is 18.4 Å². The molecule has 1 N–H and O–H groups in total. The second kappa shape index (κ2) is 7.24. The van der Waals surface area contributed by atoms with Crippen molar-refractivity contribution in [3.63, 3.8) is 0 Å². The predicted molar refractivity (Wildman–Crippen MR) is 76.2 cm³/mol. The molecule has 0 amide bonds. The highest BCUT2D eigenvalue weighted by Gasteiger charge is 2.22. The molecule has 0 saturated carbocycles. The first-order valence-corrected chi connectivity index (χ1v) is 6.63. The molecule has 6 heteroatoms. The number of rotatable bonds is 6. The van der Waals surface area contributed by atoms with Crippen molar-refractivity contribution in [2.45, 2.75) is 33.4 Å². The van der Waals surface area contributed by atoms with E-state index in [0.717, 1.165) is 17.1 Å². The van der Waals surface area contributed by atoms with E-state index >= 15 is 0 Å². The molecule has 0 fully saturated rings. The fourth-order valence-corrected chi connectivity index (χ4v) is 1.90. The van der Waals surface area contributed by atoms with Crippen molar-refractivity contribution < 1.29 is 18.0 Å². The Morgan fingerprint density at radius 2 is 1.90 bits per heavy atom. The lowest BCUT2D eigenvalue weighted by Crippen LogP contribution is -2.15. The van der Waals surface area contributed by atoms with Gasteiger partial charge in [0.1, 0.15) is 0 Å². The van der Waals surface area contributed by atoms with Gasteiger partial charge in [-0.1, -0.05) is 6.92 Å². The SMILES string of the molecule is Cc1cc(NCC(C)CC(=O)/C=C/C(F)(F)F)cc(C)n1. The molecule has 1 unspecified atom stereocenters. The second-order valence-electron chi connectivity index (χ2n) is 5.17. The molecule has 0 aliphatic rings. The van der Waals surface area contributed by atoms with Crippen molar-refractivity contribution in [1.29, 1.82) is 0 Å². The number of aromatic nitrogens is 1. The van der Waals surface area contributed by atoms with Gasteiger partial charge in [-0.2, -0.15) is 13.2 Å². The standard InChI is InChI=1S/C15H19F3N2O/c1-10(6-14(21)4-5-15(16,17)18)9-19-13-7-11(2)20-12(3)8-13/h4-5,7-8,10H,6,9H2,1-3H3,(H,19,20)/b5-4+. The molecule has 1 rings (SSSR count). The highest BCUT2D eigenvalue weighted by molar-refractivity contribution is 5.89. The number of pyridine rings is 1. The topological polar surface area (TPSA) is 42.0 Å². The summed E-state index contributed by atoms with van der Waals surface area (Å²) in [4.78, 5) is 15.6. The van der Waals surface area contributed by atoms with Gasteiger partial charge >= 0.3 is 6.18 Å². The largest absolute Gasteiger partial charge is 0.409 e. The molecule has 0 radical (unpaired) electrons. The number of hydrogen-bond donors (Lipinski definition) is 1. The lowest BCUT2D eigenvalue weighted by molar-refractivity contribution is -0.116. The molecule has 1 aromatic heterocycles. The van der Waals surface area contributed by atoms with Gasteiger partial charge < -0.3 is 5.32 Å². The molecule has 0 aromatic carbocycles. The molecule has 0 saturated heterocycles. The number of nitrogens with one attached hydrogen (secondary N) is 1. The van der Waals surface area contributed by atoms with Crippen LogP contribution in [0.3, 0.4) is 0 Å². The van der Waals surface area contributed by atoms with E-state index in [2.05, 4.69) is 10.3 Å². The minimum absolute atomic E-state index is 0.0228. The summed E-state index contributed by atoms with van der Waals surface area (Å²) in [6.45, 7) is 6.09. The first-order chi connectivity index (χ1) is 9.65. The first-order valence-electron chi connectivity index (χ1n) is 6.63. The monoisotopic (exact) mass is 300 g/mol. The van der Waals surface area contributed by atoms with Crippen LogP contribution in [0.4, 0.5) is 18.9 Å². The van der Waals surface area contributed by atoms with Crippen LogP contribution in [0.2, 0.25) is 0 Å². The van der Waals surface area contributed by atoms with Crippen molar-refractivity contribution in [1.82, 2.24) is 4.98 Å². The van der Waals surface area contributed by atoms with Gasteiger partial charge in [-0.25, -0.2) is 0 Å². The first kappa shape index (κ1) is 17.2. The number of aryl methyl sites for hydroxylation is 2. The van der Waals surface area contributed by atoms with Crippen LogP contribution < -0.4 is 5.32 Å². The Morgan fingerprint density at radius 1 is 1.33 bits per heavy atom. The second-order valence-corrected chi connectivity index (χ2v) is 5.17. The predicted octanol–water partition coefficient (Wildman–Crippen LogP) is 3.82. The fourth-order valence-electron chi connectivity index (χ4n) is 1.90. The van der Waals surface area contributed by atoms with Crippen LogP contribution in [0.5, 0.6) is 0 Å². The molecular formula is C15H19F3N2O. The van der Waals surface area contributed by atoms with Gasteiger partial charge in [-0.15, -0.1) is 0 Å². The highest BCUT2D eigenvalue weighted by atomic mass is 19.4. The third-order valence-corrected chi connectivity index (χ3v) is 2.74. The zero-order valence-electron chi connectivity index (χ0n) is 12.3. The molecule has 1 atom stereocenters. The molecule has 21 heavy (non-hydrogen) atoms. The Balaban J connectivity index is 2.45. The quantitative estimate of drug-likeness (QED) is 0.812. The third kappa shape index (κ3) is 7.48. The minimum Gasteiger partial charge on any atom is -0.385 e. The van der Waals surface area contributed by atoms with Crippen molar-refractivity contribution in [2.75, 3.05) is 11.9 Å². The zero-order valence-corrected chi connectivity index (χ0v) is 12.3. The Labute approximate surface area is 122 Å². The zero-order chi connectivity index (χ0) is 16.0. The van der Waals surface area contributed by atoms with Crippen LogP contribution in [0.25, 0.3) is 0 Å². The van der Waals surface area contributed by atoms with Crippen LogP contribution in [0.15, 0.2) is 24.3 Å². The van der Waals surface area contributed by atoms with Gasteiger partial charge in [-0.05, 0) is 38.0 Å². The van der Waals surface area contributed by atoms with E-state index in [1.807, 2.05) is 32.9 Å². The Kier molecular flexibility index (Phi) is 5.93.